The first-order chi connectivity index (χ1) is 13.2. The molecule has 0 radical (unpaired) electrons. The van der Waals surface area contributed by atoms with Crippen molar-refractivity contribution < 1.29 is 4.79 Å². The Morgan fingerprint density at radius 3 is 2.78 bits per heavy atom. The minimum Gasteiger partial charge on any atom is -0.357 e. The second-order valence-corrected chi connectivity index (χ2v) is 7.29. The van der Waals surface area contributed by atoms with Crippen LogP contribution >= 0.6 is 11.3 Å². The van der Waals surface area contributed by atoms with Gasteiger partial charge in [0.1, 0.15) is 0 Å². The van der Waals surface area contributed by atoms with Crippen molar-refractivity contribution in [1.29, 1.82) is 0 Å². The highest BCUT2D eigenvalue weighted by molar-refractivity contribution is 7.07. The van der Waals surface area contributed by atoms with Gasteiger partial charge in [-0.05, 0) is 59.9 Å². The molecule has 0 bridgehead atoms. The van der Waals surface area contributed by atoms with Crippen LogP contribution in [0.25, 0.3) is 0 Å². The number of nitrogens with one attached hydrogen (secondary N) is 3. The third-order valence-corrected chi connectivity index (χ3v) is 5.11. The summed E-state index contributed by atoms with van der Waals surface area (Å²) in [5, 5.41) is 13.8. The lowest BCUT2D eigenvalue weighted by molar-refractivity contribution is 0.222. The molecule has 0 spiro atoms. The van der Waals surface area contributed by atoms with Crippen molar-refractivity contribution in [2.24, 2.45) is 4.99 Å². The van der Waals surface area contributed by atoms with Crippen molar-refractivity contribution in [1.82, 2.24) is 15.5 Å². The molecule has 0 atom stereocenters. The summed E-state index contributed by atoms with van der Waals surface area (Å²) in [5.41, 5.74) is 3.13. The molecule has 3 N–H and O–H groups in total. The molecule has 1 saturated heterocycles. The Labute approximate surface area is 164 Å². The number of anilines is 1. The number of hydrogen-bond donors (Lipinski definition) is 3. The van der Waals surface area contributed by atoms with Gasteiger partial charge in [0.25, 0.3) is 0 Å². The fourth-order valence-corrected chi connectivity index (χ4v) is 3.62. The van der Waals surface area contributed by atoms with E-state index in [1.807, 2.05) is 29.2 Å². The van der Waals surface area contributed by atoms with Gasteiger partial charge in [-0.25, -0.2) is 9.79 Å². The fraction of sp³-hybridized carbons (Fsp3) is 0.400. The maximum absolute atomic E-state index is 12.2. The van der Waals surface area contributed by atoms with Crippen LogP contribution in [0.4, 0.5) is 10.5 Å². The van der Waals surface area contributed by atoms with Gasteiger partial charge >= 0.3 is 6.03 Å². The highest BCUT2D eigenvalue weighted by Crippen LogP contribution is 2.14. The zero-order valence-corrected chi connectivity index (χ0v) is 16.5. The van der Waals surface area contributed by atoms with Crippen molar-refractivity contribution in [3.8, 4) is 0 Å². The smallest absolute Gasteiger partial charge is 0.321 e. The van der Waals surface area contributed by atoms with Crippen LogP contribution in [-0.4, -0.2) is 36.5 Å². The first kappa shape index (κ1) is 19.2. The summed E-state index contributed by atoms with van der Waals surface area (Å²) in [4.78, 5) is 18.7. The van der Waals surface area contributed by atoms with E-state index in [0.717, 1.165) is 49.7 Å². The van der Waals surface area contributed by atoms with Crippen molar-refractivity contribution in [3.05, 3.63) is 52.2 Å². The van der Waals surface area contributed by atoms with Gasteiger partial charge < -0.3 is 20.9 Å². The third kappa shape index (κ3) is 5.99. The molecule has 7 heteroatoms. The molecule has 0 saturated carbocycles. The van der Waals surface area contributed by atoms with E-state index < -0.39 is 0 Å². The Hall–Kier alpha value is -2.54. The van der Waals surface area contributed by atoms with Gasteiger partial charge in [0, 0.05) is 31.9 Å². The Balaban J connectivity index is 1.55. The number of benzene rings is 1. The van der Waals surface area contributed by atoms with E-state index in [1.54, 1.807) is 11.3 Å². The highest BCUT2D eigenvalue weighted by Gasteiger charge is 2.17. The molecule has 1 fully saturated rings. The normalized spacial score (nSPS) is 14.3. The first-order valence-corrected chi connectivity index (χ1v) is 10.4. The lowest BCUT2D eigenvalue weighted by atomic mass is 10.2. The zero-order valence-electron chi connectivity index (χ0n) is 15.7. The lowest BCUT2D eigenvalue weighted by Gasteiger charge is -2.17. The number of amides is 2. The Morgan fingerprint density at radius 1 is 1.19 bits per heavy atom. The molecule has 2 amide bonds. The lowest BCUT2D eigenvalue weighted by Crippen LogP contribution is -2.36. The molecule has 0 aliphatic carbocycles. The standard InChI is InChI=1S/C20H27N5OS/c1-2-21-19(23-14-17-8-11-27-15-17)22-13-16-6-5-7-18(12-16)24-20(26)25-9-3-4-10-25/h5-8,11-12,15H,2-4,9-10,13-14H2,1H3,(H,24,26)(H2,21,22,23). The molecule has 3 rings (SSSR count). The number of guanidine groups is 1. The van der Waals surface area contributed by atoms with Crippen LogP contribution in [0.5, 0.6) is 0 Å². The summed E-state index contributed by atoms with van der Waals surface area (Å²) < 4.78 is 0. The van der Waals surface area contributed by atoms with Crippen molar-refractivity contribution in [2.75, 3.05) is 25.0 Å². The molecule has 27 heavy (non-hydrogen) atoms. The highest BCUT2D eigenvalue weighted by atomic mass is 32.1. The minimum atomic E-state index is -0.0109. The monoisotopic (exact) mass is 385 g/mol. The van der Waals surface area contributed by atoms with Gasteiger partial charge in [0.2, 0.25) is 0 Å². The third-order valence-electron chi connectivity index (χ3n) is 4.38. The van der Waals surface area contributed by atoms with E-state index in [1.165, 1.54) is 5.56 Å². The van der Waals surface area contributed by atoms with Gasteiger partial charge in [-0.1, -0.05) is 12.1 Å². The van der Waals surface area contributed by atoms with Crippen LogP contribution in [0.1, 0.15) is 30.9 Å². The number of carbonyl (C=O) groups excluding carboxylic acids is 1. The molecular formula is C20H27N5OS. The quantitative estimate of drug-likeness (QED) is 0.525. The molecule has 2 aromatic rings. The van der Waals surface area contributed by atoms with Gasteiger partial charge in [-0.3, -0.25) is 0 Å². The van der Waals surface area contributed by atoms with Gasteiger partial charge in [0.05, 0.1) is 6.54 Å². The number of carbonyl (C=O) groups is 1. The summed E-state index contributed by atoms with van der Waals surface area (Å²) in [5.74, 6) is 0.787. The number of nitrogens with zero attached hydrogens (tertiary/aromatic N) is 2. The molecule has 1 aromatic carbocycles. The van der Waals surface area contributed by atoms with E-state index in [0.29, 0.717) is 13.1 Å². The minimum absolute atomic E-state index is 0.0109. The largest absolute Gasteiger partial charge is 0.357 e. The zero-order chi connectivity index (χ0) is 18.9. The number of rotatable bonds is 6. The number of urea groups is 1. The molecular weight excluding hydrogens is 358 g/mol. The van der Waals surface area contributed by atoms with Crippen LogP contribution in [0.2, 0.25) is 0 Å². The Bertz CT molecular complexity index is 753. The van der Waals surface area contributed by atoms with Crippen LogP contribution in [-0.2, 0) is 13.1 Å². The molecule has 2 heterocycles. The molecule has 6 nitrogen and oxygen atoms in total. The van der Waals surface area contributed by atoms with E-state index in [9.17, 15) is 4.79 Å². The number of likely N-dealkylation sites (tertiary alicyclic amines) is 1. The topological polar surface area (TPSA) is 68.8 Å². The predicted molar refractivity (Wildman–Crippen MR) is 112 cm³/mol. The first-order valence-electron chi connectivity index (χ1n) is 9.42. The summed E-state index contributed by atoms with van der Waals surface area (Å²) in [6.07, 6.45) is 2.19. The molecule has 1 aliphatic heterocycles. The Morgan fingerprint density at radius 2 is 2.04 bits per heavy atom. The van der Waals surface area contributed by atoms with E-state index in [4.69, 9.17) is 0 Å². The number of aliphatic imine (C=N–C) groups is 1. The number of thiophene rings is 1. The average molecular weight is 386 g/mol. The van der Waals surface area contributed by atoms with Gasteiger partial charge in [0.15, 0.2) is 5.96 Å². The fourth-order valence-electron chi connectivity index (χ4n) is 2.96. The van der Waals surface area contributed by atoms with Crippen molar-refractivity contribution in [2.45, 2.75) is 32.9 Å². The van der Waals surface area contributed by atoms with Crippen LogP contribution in [0.3, 0.4) is 0 Å². The van der Waals surface area contributed by atoms with Crippen molar-refractivity contribution >= 4 is 29.0 Å². The second-order valence-electron chi connectivity index (χ2n) is 6.51. The van der Waals surface area contributed by atoms with E-state index in [2.05, 4.69) is 44.7 Å². The summed E-state index contributed by atoms with van der Waals surface area (Å²) in [7, 11) is 0. The molecule has 0 unspecified atom stereocenters. The Kier molecular flexibility index (Phi) is 7.10. The summed E-state index contributed by atoms with van der Waals surface area (Å²) in [6.45, 7) is 5.85. The molecule has 144 valence electrons. The number of hydrogen-bond acceptors (Lipinski definition) is 3. The molecule has 1 aliphatic rings. The van der Waals surface area contributed by atoms with E-state index >= 15 is 0 Å². The summed E-state index contributed by atoms with van der Waals surface area (Å²) in [6, 6.07) is 10.0. The second kappa shape index (κ2) is 9.97. The maximum atomic E-state index is 12.2. The SMILES string of the molecule is CCNC(=NCc1ccsc1)NCc1cccc(NC(=O)N2CCCC2)c1. The van der Waals surface area contributed by atoms with Gasteiger partial charge in [-0.2, -0.15) is 11.3 Å². The van der Waals surface area contributed by atoms with E-state index in [-0.39, 0.29) is 6.03 Å². The maximum Gasteiger partial charge on any atom is 0.321 e. The van der Waals surface area contributed by atoms with Gasteiger partial charge in [-0.15, -0.1) is 0 Å². The predicted octanol–water partition coefficient (Wildman–Crippen LogP) is 3.63. The molecule has 1 aromatic heterocycles. The van der Waals surface area contributed by atoms with Crippen LogP contribution in [0.15, 0.2) is 46.1 Å². The van der Waals surface area contributed by atoms with Crippen molar-refractivity contribution in [3.63, 3.8) is 0 Å². The van der Waals surface area contributed by atoms with Crippen LogP contribution in [0, 0.1) is 0 Å². The summed E-state index contributed by atoms with van der Waals surface area (Å²) >= 11 is 1.68. The average Bonchev–Trinajstić information content (AvgIpc) is 3.38. The van der Waals surface area contributed by atoms with Crippen LogP contribution < -0.4 is 16.0 Å².